The van der Waals surface area contributed by atoms with Crippen molar-refractivity contribution >= 4 is 5.97 Å². The molecule has 3 nitrogen and oxygen atoms in total. The molecular formula is C15H21NO2. The molecule has 0 aliphatic carbocycles. The van der Waals surface area contributed by atoms with Gasteiger partial charge in [-0.3, -0.25) is 0 Å². The van der Waals surface area contributed by atoms with Crippen LogP contribution in [0.25, 0.3) is 0 Å². The summed E-state index contributed by atoms with van der Waals surface area (Å²) in [4.78, 5) is 11.6. The van der Waals surface area contributed by atoms with Crippen LogP contribution in [0.15, 0.2) is 42.0 Å². The Morgan fingerprint density at radius 2 is 2.06 bits per heavy atom. The summed E-state index contributed by atoms with van der Waals surface area (Å²) < 4.78 is 5.00. The predicted molar refractivity (Wildman–Crippen MR) is 73.2 cm³/mol. The molecule has 2 N–H and O–H groups in total. The Balaban J connectivity index is 2.43. The third kappa shape index (κ3) is 5.15. The second-order valence-electron chi connectivity index (χ2n) is 4.02. The lowest BCUT2D eigenvalue weighted by Gasteiger charge is -2.07. The normalized spacial score (nSPS) is 11.3. The maximum atomic E-state index is 11.6. The van der Waals surface area contributed by atoms with Gasteiger partial charge in [0.2, 0.25) is 0 Å². The van der Waals surface area contributed by atoms with Crippen molar-refractivity contribution in [1.29, 1.82) is 0 Å². The number of carbonyl (C=O) groups is 1. The Kier molecular flexibility index (Phi) is 6.81. The van der Waals surface area contributed by atoms with E-state index in [1.807, 2.05) is 25.1 Å². The van der Waals surface area contributed by atoms with Crippen molar-refractivity contribution in [2.24, 2.45) is 5.73 Å². The molecule has 0 aliphatic heterocycles. The molecular weight excluding hydrogens is 226 g/mol. The van der Waals surface area contributed by atoms with E-state index in [2.05, 4.69) is 12.1 Å². The molecule has 0 spiro atoms. The van der Waals surface area contributed by atoms with Gasteiger partial charge in [0.05, 0.1) is 6.61 Å². The van der Waals surface area contributed by atoms with Crippen molar-refractivity contribution in [2.45, 2.75) is 26.2 Å². The Morgan fingerprint density at radius 1 is 1.33 bits per heavy atom. The van der Waals surface area contributed by atoms with Gasteiger partial charge in [0.1, 0.15) is 0 Å². The van der Waals surface area contributed by atoms with Crippen molar-refractivity contribution in [2.75, 3.05) is 13.2 Å². The van der Waals surface area contributed by atoms with Crippen LogP contribution in [-0.4, -0.2) is 19.1 Å². The highest BCUT2D eigenvalue weighted by molar-refractivity contribution is 5.88. The highest BCUT2D eigenvalue weighted by atomic mass is 16.5. The second kappa shape index (κ2) is 8.48. The lowest BCUT2D eigenvalue weighted by Crippen LogP contribution is -2.10. The largest absolute Gasteiger partial charge is 0.463 e. The molecule has 0 fully saturated rings. The van der Waals surface area contributed by atoms with E-state index < -0.39 is 0 Å². The van der Waals surface area contributed by atoms with Crippen LogP contribution in [0, 0.1) is 0 Å². The molecule has 0 atom stereocenters. The molecule has 1 rings (SSSR count). The number of carbonyl (C=O) groups excluding carboxylic acids is 1. The van der Waals surface area contributed by atoms with E-state index in [1.165, 1.54) is 5.56 Å². The van der Waals surface area contributed by atoms with Gasteiger partial charge < -0.3 is 10.5 Å². The van der Waals surface area contributed by atoms with Gasteiger partial charge in [0, 0.05) is 12.1 Å². The van der Waals surface area contributed by atoms with Crippen molar-refractivity contribution in [3.8, 4) is 0 Å². The van der Waals surface area contributed by atoms with E-state index in [0.717, 1.165) is 12.8 Å². The monoisotopic (exact) mass is 247 g/mol. The van der Waals surface area contributed by atoms with Gasteiger partial charge in [0.15, 0.2) is 0 Å². The third-order valence-electron chi connectivity index (χ3n) is 2.66. The molecule has 0 saturated carbocycles. The van der Waals surface area contributed by atoms with Crippen LogP contribution in [0.5, 0.6) is 0 Å². The second-order valence-corrected chi connectivity index (χ2v) is 4.02. The van der Waals surface area contributed by atoms with Crippen LogP contribution in [0.4, 0.5) is 0 Å². The zero-order valence-electron chi connectivity index (χ0n) is 10.9. The van der Waals surface area contributed by atoms with Gasteiger partial charge in [-0.1, -0.05) is 36.4 Å². The molecule has 0 amide bonds. The highest BCUT2D eigenvalue weighted by Crippen LogP contribution is 2.11. The molecule has 0 radical (unpaired) electrons. The Morgan fingerprint density at radius 3 is 2.67 bits per heavy atom. The number of benzene rings is 1. The molecule has 0 aromatic heterocycles. The molecule has 0 saturated heterocycles. The molecule has 3 heteroatoms. The summed E-state index contributed by atoms with van der Waals surface area (Å²) in [6.45, 7) is 2.58. The third-order valence-corrected chi connectivity index (χ3v) is 2.66. The summed E-state index contributed by atoms with van der Waals surface area (Å²) in [6, 6.07) is 10.2. The van der Waals surface area contributed by atoms with Crippen LogP contribution >= 0.6 is 0 Å². The molecule has 0 aliphatic rings. The number of aryl methyl sites for hydroxylation is 1. The van der Waals surface area contributed by atoms with Crippen molar-refractivity contribution in [1.82, 2.24) is 0 Å². The van der Waals surface area contributed by atoms with Crippen LogP contribution in [0.3, 0.4) is 0 Å². The number of esters is 1. The Hall–Kier alpha value is -1.61. The van der Waals surface area contributed by atoms with E-state index >= 15 is 0 Å². The van der Waals surface area contributed by atoms with Gasteiger partial charge in [-0.15, -0.1) is 0 Å². The highest BCUT2D eigenvalue weighted by Gasteiger charge is 2.09. The number of ether oxygens (including phenoxy) is 1. The summed E-state index contributed by atoms with van der Waals surface area (Å²) in [5.74, 6) is -0.240. The van der Waals surface area contributed by atoms with Crippen LogP contribution in [0.2, 0.25) is 0 Å². The fourth-order valence-electron chi connectivity index (χ4n) is 1.78. The van der Waals surface area contributed by atoms with Crippen molar-refractivity contribution in [3.05, 3.63) is 47.5 Å². The average molecular weight is 247 g/mol. The number of hydrogen-bond acceptors (Lipinski definition) is 3. The van der Waals surface area contributed by atoms with E-state index in [-0.39, 0.29) is 5.97 Å². The molecule has 1 aromatic rings. The molecule has 0 unspecified atom stereocenters. The lowest BCUT2D eigenvalue weighted by atomic mass is 10.0. The van der Waals surface area contributed by atoms with E-state index in [9.17, 15) is 4.79 Å². The smallest absolute Gasteiger partial charge is 0.333 e. The minimum atomic E-state index is -0.240. The molecule has 1 aromatic carbocycles. The minimum absolute atomic E-state index is 0.240. The fourth-order valence-corrected chi connectivity index (χ4v) is 1.78. The van der Waals surface area contributed by atoms with Crippen LogP contribution in [0.1, 0.15) is 25.3 Å². The zero-order valence-corrected chi connectivity index (χ0v) is 10.9. The number of hydrogen-bond donors (Lipinski definition) is 1. The summed E-state index contributed by atoms with van der Waals surface area (Å²) in [5.41, 5.74) is 7.44. The maximum Gasteiger partial charge on any atom is 0.333 e. The summed E-state index contributed by atoms with van der Waals surface area (Å²) in [7, 11) is 0. The minimum Gasteiger partial charge on any atom is -0.463 e. The van der Waals surface area contributed by atoms with E-state index in [0.29, 0.717) is 25.1 Å². The van der Waals surface area contributed by atoms with Gasteiger partial charge in [0.25, 0.3) is 0 Å². The van der Waals surface area contributed by atoms with Crippen molar-refractivity contribution in [3.63, 3.8) is 0 Å². The number of nitrogens with two attached hydrogens (primary N) is 1. The summed E-state index contributed by atoms with van der Waals surface area (Å²) >= 11 is 0. The first-order valence-corrected chi connectivity index (χ1v) is 6.38. The van der Waals surface area contributed by atoms with Crippen LogP contribution < -0.4 is 5.73 Å². The average Bonchev–Trinajstić information content (AvgIpc) is 2.39. The molecule has 0 heterocycles. The Labute approximate surface area is 109 Å². The predicted octanol–water partition coefficient (Wildman–Crippen LogP) is 2.46. The van der Waals surface area contributed by atoms with Crippen molar-refractivity contribution < 1.29 is 9.53 Å². The number of rotatable bonds is 7. The lowest BCUT2D eigenvalue weighted by molar-refractivity contribution is -0.138. The summed E-state index contributed by atoms with van der Waals surface area (Å²) in [5, 5.41) is 0. The van der Waals surface area contributed by atoms with Gasteiger partial charge in [-0.2, -0.15) is 0 Å². The van der Waals surface area contributed by atoms with Gasteiger partial charge in [-0.25, -0.2) is 4.79 Å². The fraction of sp³-hybridized carbons (Fsp3) is 0.400. The first-order chi connectivity index (χ1) is 8.77. The quantitative estimate of drug-likeness (QED) is 0.595. The van der Waals surface area contributed by atoms with E-state index in [1.54, 1.807) is 6.08 Å². The Bertz CT molecular complexity index is 385. The van der Waals surface area contributed by atoms with Crippen LogP contribution in [-0.2, 0) is 16.0 Å². The van der Waals surface area contributed by atoms with E-state index in [4.69, 9.17) is 10.5 Å². The first kappa shape index (κ1) is 14.5. The first-order valence-electron chi connectivity index (χ1n) is 6.38. The van der Waals surface area contributed by atoms with Gasteiger partial charge in [-0.05, 0) is 31.7 Å². The standard InChI is InChI=1S/C15H21NO2/c1-2-18-15(17)14(11-12-16)10-6-9-13-7-4-3-5-8-13/h3-5,7-8,11H,2,6,9-10,12,16H2,1H3. The van der Waals surface area contributed by atoms with Gasteiger partial charge >= 0.3 is 5.97 Å². The molecule has 0 bridgehead atoms. The summed E-state index contributed by atoms with van der Waals surface area (Å²) in [6.07, 6.45) is 4.35. The molecule has 98 valence electrons. The SMILES string of the molecule is CCOC(=O)C(=CCN)CCCc1ccccc1. The molecule has 18 heavy (non-hydrogen) atoms. The topological polar surface area (TPSA) is 52.3 Å². The maximum absolute atomic E-state index is 11.6. The zero-order chi connectivity index (χ0) is 13.2.